The Morgan fingerprint density at radius 3 is 2.71 bits per heavy atom. The number of ether oxygens (including phenoxy) is 1. The van der Waals surface area contributed by atoms with Gasteiger partial charge >= 0.3 is 5.97 Å². The molecule has 0 aliphatic carbocycles. The Bertz CT molecular complexity index is 501. The summed E-state index contributed by atoms with van der Waals surface area (Å²) in [4.78, 5) is 23.0. The number of hydrogen-bond donors (Lipinski definition) is 0. The summed E-state index contributed by atoms with van der Waals surface area (Å²) in [6.45, 7) is 1.61. The van der Waals surface area contributed by atoms with E-state index in [0.29, 0.717) is 15.9 Å². The standard InChI is InChI=1S/C12H10BrClO3/c1-12(10(15)5-11(16)17-12)8-2-3-9(14)7(4-8)6-13/h2-4H,5-6H2,1H3/t12-/m1/s1. The van der Waals surface area contributed by atoms with E-state index < -0.39 is 11.6 Å². The predicted molar refractivity (Wildman–Crippen MR) is 67.2 cm³/mol. The van der Waals surface area contributed by atoms with E-state index in [2.05, 4.69) is 15.9 Å². The molecule has 0 aromatic heterocycles. The van der Waals surface area contributed by atoms with Crippen LogP contribution in [0.3, 0.4) is 0 Å². The van der Waals surface area contributed by atoms with Gasteiger partial charge in [-0.1, -0.05) is 33.6 Å². The van der Waals surface area contributed by atoms with E-state index in [4.69, 9.17) is 16.3 Å². The van der Waals surface area contributed by atoms with Gasteiger partial charge in [0, 0.05) is 15.9 Å². The molecule has 90 valence electrons. The molecule has 0 unspecified atom stereocenters. The van der Waals surface area contributed by atoms with Gasteiger partial charge in [-0.15, -0.1) is 0 Å². The Labute approximate surface area is 112 Å². The Kier molecular flexibility index (Phi) is 3.27. The SMILES string of the molecule is C[C@]1(c2ccc(Cl)c(CBr)c2)OC(=O)CC1=O. The molecule has 1 fully saturated rings. The van der Waals surface area contributed by atoms with Crippen LogP contribution in [0, 0.1) is 0 Å². The van der Waals surface area contributed by atoms with Crippen molar-refractivity contribution >= 4 is 39.3 Å². The van der Waals surface area contributed by atoms with Crippen molar-refractivity contribution in [3.8, 4) is 0 Å². The lowest BCUT2D eigenvalue weighted by molar-refractivity contribution is -0.151. The Balaban J connectivity index is 2.47. The van der Waals surface area contributed by atoms with Gasteiger partial charge in [0.2, 0.25) is 0 Å². The summed E-state index contributed by atoms with van der Waals surface area (Å²) in [5.74, 6) is -0.696. The highest BCUT2D eigenvalue weighted by atomic mass is 79.9. The molecule has 0 radical (unpaired) electrons. The number of cyclic esters (lactones) is 1. The molecule has 1 aromatic rings. The van der Waals surface area contributed by atoms with Crippen LogP contribution in [0.4, 0.5) is 0 Å². The number of halogens is 2. The van der Waals surface area contributed by atoms with Crippen LogP contribution in [0.15, 0.2) is 18.2 Å². The molecule has 0 N–H and O–H groups in total. The summed E-state index contributed by atoms with van der Waals surface area (Å²) in [7, 11) is 0. The topological polar surface area (TPSA) is 43.4 Å². The zero-order chi connectivity index (χ0) is 12.6. The van der Waals surface area contributed by atoms with Crippen LogP contribution in [0.25, 0.3) is 0 Å². The number of hydrogen-bond acceptors (Lipinski definition) is 3. The Hall–Kier alpha value is -0.870. The summed E-state index contributed by atoms with van der Waals surface area (Å²) < 4.78 is 5.14. The first-order chi connectivity index (χ1) is 7.97. The van der Waals surface area contributed by atoms with Crippen molar-refractivity contribution in [1.29, 1.82) is 0 Å². The minimum atomic E-state index is -1.17. The maximum atomic E-state index is 11.8. The molecule has 1 heterocycles. The quantitative estimate of drug-likeness (QED) is 0.478. The molecule has 1 aliphatic heterocycles. The average Bonchev–Trinajstić information content (AvgIpc) is 2.54. The fourth-order valence-corrected chi connectivity index (χ4v) is 2.62. The normalized spacial score (nSPS) is 23.9. The minimum absolute atomic E-state index is 0.164. The van der Waals surface area contributed by atoms with Crippen LogP contribution in [-0.4, -0.2) is 11.8 Å². The van der Waals surface area contributed by atoms with Crippen molar-refractivity contribution in [3.05, 3.63) is 34.3 Å². The van der Waals surface area contributed by atoms with Gasteiger partial charge in [0.05, 0.1) is 0 Å². The number of carbonyl (C=O) groups excluding carboxylic acids is 2. The molecule has 1 atom stereocenters. The fraction of sp³-hybridized carbons (Fsp3) is 0.333. The molecule has 0 bridgehead atoms. The van der Waals surface area contributed by atoms with E-state index in [1.807, 2.05) is 0 Å². The second-order valence-electron chi connectivity index (χ2n) is 4.05. The number of Topliss-reactive ketones (excluding diaryl/α,β-unsaturated/α-hetero) is 1. The lowest BCUT2D eigenvalue weighted by atomic mass is 9.91. The third kappa shape index (κ3) is 2.11. The number of alkyl halides is 1. The molecule has 1 aromatic carbocycles. The van der Waals surface area contributed by atoms with Crippen LogP contribution < -0.4 is 0 Å². The van der Waals surface area contributed by atoms with Crippen molar-refractivity contribution in [2.45, 2.75) is 24.3 Å². The Morgan fingerprint density at radius 2 is 2.18 bits per heavy atom. The highest BCUT2D eigenvalue weighted by Gasteiger charge is 2.46. The Morgan fingerprint density at radius 1 is 1.47 bits per heavy atom. The second kappa shape index (κ2) is 4.42. The summed E-state index contributed by atoms with van der Waals surface area (Å²) in [6.07, 6.45) is -0.164. The van der Waals surface area contributed by atoms with E-state index in [-0.39, 0.29) is 12.2 Å². The van der Waals surface area contributed by atoms with Crippen LogP contribution >= 0.6 is 27.5 Å². The van der Waals surface area contributed by atoms with Gasteiger partial charge in [-0.05, 0) is 24.6 Å². The summed E-state index contributed by atoms with van der Waals surface area (Å²) in [5, 5.41) is 1.20. The molecule has 1 aliphatic rings. The smallest absolute Gasteiger partial charge is 0.314 e. The van der Waals surface area contributed by atoms with Crippen LogP contribution in [0.2, 0.25) is 5.02 Å². The summed E-state index contributed by atoms with van der Waals surface area (Å²) in [5.41, 5.74) is 0.354. The predicted octanol–water partition coefficient (Wildman–Crippen LogP) is 2.97. The molecule has 0 spiro atoms. The fourth-order valence-electron chi connectivity index (χ4n) is 1.81. The molecule has 17 heavy (non-hydrogen) atoms. The van der Waals surface area contributed by atoms with Crippen molar-refractivity contribution in [2.75, 3.05) is 0 Å². The highest BCUT2D eigenvalue weighted by molar-refractivity contribution is 9.08. The first-order valence-corrected chi connectivity index (χ1v) is 6.57. The van der Waals surface area contributed by atoms with Gasteiger partial charge in [0.15, 0.2) is 11.4 Å². The second-order valence-corrected chi connectivity index (χ2v) is 5.02. The lowest BCUT2D eigenvalue weighted by Crippen LogP contribution is -2.29. The molecule has 5 heteroatoms. The number of rotatable bonds is 2. The van der Waals surface area contributed by atoms with Gasteiger partial charge in [-0.2, -0.15) is 0 Å². The van der Waals surface area contributed by atoms with E-state index >= 15 is 0 Å². The first-order valence-electron chi connectivity index (χ1n) is 5.07. The van der Waals surface area contributed by atoms with E-state index in [1.54, 1.807) is 25.1 Å². The first kappa shape index (κ1) is 12.6. The number of benzene rings is 1. The third-order valence-electron chi connectivity index (χ3n) is 2.90. The van der Waals surface area contributed by atoms with E-state index in [0.717, 1.165) is 5.56 Å². The van der Waals surface area contributed by atoms with Crippen molar-refractivity contribution < 1.29 is 14.3 Å². The van der Waals surface area contributed by atoms with Gasteiger partial charge in [-0.3, -0.25) is 9.59 Å². The molecule has 2 rings (SSSR count). The molecule has 0 amide bonds. The minimum Gasteiger partial charge on any atom is -0.446 e. The lowest BCUT2D eigenvalue weighted by Gasteiger charge is -2.22. The number of esters is 1. The third-order valence-corrected chi connectivity index (χ3v) is 3.87. The van der Waals surface area contributed by atoms with Crippen molar-refractivity contribution in [1.82, 2.24) is 0 Å². The summed E-state index contributed by atoms with van der Waals surface area (Å²) in [6, 6.07) is 5.21. The zero-order valence-corrected chi connectivity index (χ0v) is 11.5. The monoisotopic (exact) mass is 316 g/mol. The molecule has 1 saturated heterocycles. The summed E-state index contributed by atoms with van der Waals surface area (Å²) >= 11 is 9.31. The van der Waals surface area contributed by atoms with Crippen LogP contribution in [0.5, 0.6) is 0 Å². The van der Waals surface area contributed by atoms with Crippen molar-refractivity contribution in [2.24, 2.45) is 0 Å². The van der Waals surface area contributed by atoms with Gasteiger partial charge < -0.3 is 4.74 Å². The van der Waals surface area contributed by atoms with Crippen molar-refractivity contribution in [3.63, 3.8) is 0 Å². The maximum Gasteiger partial charge on any atom is 0.314 e. The van der Waals surface area contributed by atoms with E-state index in [9.17, 15) is 9.59 Å². The molecular formula is C12H10BrClO3. The maximum absolute atomic E-state index is 11.8. The van der Waals surface area contributed by atoms with Crippen LogP contribution in [0.1, 0.15) is 24.5 Å². The largest absolute Gasteiger partial charge is 0.446 e. The number of ketones is 1. The zero-order valence-electron chi connectivity index (χ0n) is 9.13. The van der Waals surface area contributed by atoms with Gasteiger partial charge in [0.25, 0.3) is 0 Å². The van der Waals surface area contributed by atoms with Gasteiger partial charge in [0.1, 0.15) is 6.42 Å². The molecule has 3 nitrogen and oxygen atoms in total. The van der Waals surface area contributed by atoms with Gasteiger partial charge in [-0.25, -0.2) is 0 Å². The number of carbonyl (C=O) groups is 2. The van der Waals surface area contributed by atoms with Crippen LogP contribution in [-0.2, 0) is 25.3 Å². The molecule has 0 saturated carbocycles. The highest BCUT2D eigenvalue weighted by Crippen LogP contribution is 2.35. The van der Waals surface area contributed by atoms with E-state index in [1.165, 1.54) is 0 Å². The molecular weight excluding hydrogens is 307 g/mol. The average molecular weight is 318 g/mol.